The minimum absolute atomic E-state index is 0.0479. The Morgan fingerprint density at radius 2 is 1.76 bits per heavy atom. The molecule has 2 aromatic carbocycles. The van der Waals surface area contributed by atoms with Crippen molar-refractivity contribution in [3.8, 4) is 5.82 Å². The van der Waals surface area contributed by atoms with Crippen molar-refractivity contribution in [1.82, 2.24) is 19.5 Å². The number of aromatic nitrogens is 4. The number of nitrogens with zero attached hydrogens (tertiary/aromatic N) is 4. The molecule has 0 fully saturated rings. The highest BCUT2D eigenvalue weighted by atomic mass is 16.1. The largest absolute Gasteiger partial charge is 0.340 e. The van der Waals surface area contributed by atoms with E-state index >= 15 is 0 Å². The third-order valence-electron chi connectivity index (χ3n) is 4.24. The van der Waals surface area contributed by atoms with Crippen molar-refractivity contribution in [3.05, 3.63) is 90.8 Å². The Balaban J connectivity index is 1.41. The number of benzene rings is 2. The van der Waals surface area contributed by atoms with E-state index in [9.17, 15) is 4.79 Å². The Labute approximate surface area is 168 Å². The summed E-state index contributed by atoms with van der Waals surface area (Å²) in [5.74, 6) is 2.03. The molecule has 1 amide bonds. The lowest BCUT2D eigenvalue weighted by molar-refractivity contribution is -0.115. The number of carbonyl (C=O) groups excluding carboxylic acids is 1. The van der Waals surface area contributed by atoms with Crippen LogP contribution in [0.5, 0.6) is 0 Å². The molecule has 0 spiro atoms. The quantitative estimate of drug-likeness (QED) is 0.527. The number of amides is 1. The van der Waals surface area contributed by atoms with Crippen LogP contribution < -0.4 is 10.6 Å². The van der Waals surface area contributed by atoms with Gasteiger partial charge in [0.15, 0.2) is 0 Å². The van der Waals surface area contributed by atoms with Crippen LogP contribution in [0.3, 0.4) is 0 Å². The van der Waals surface area contributed by atoms with Gasteiger partial charge in [-0.25, -0.2) is 15.0 Å². The van der Waals surface area contributed by atoms with Gasteiger partial charge in [-0.2, -0.15) is 0 Å². The van der Waals surface area contributed by atoms with Gasteiger partial charge in [-0.05, 0) is 36.8 Å². The fraction of sp³-hybridized carbons (Fsp3) is 0.0909. The van der Waals surface area contributed by atoms with Gasteiger partial charge in [-0.3, -0.25) is 9.36 Å². The first-order valence-corrected chi connectivity index (χ1v) is 9.20. The standard InChI is InChI=1S/C22H20N6O/c1-16-24-20(14-21(25-16)28-12-11-23-15-28)26-18-7-9-19(10-8-18)27-22(29)13-17-5-3-2-4-6-17/h2-12,14-15H,13H2,1H3,(H,27,29)(H,24,25,26). The van der Waals surface area contributed by atoms with Gasteiger partial charge in [-0.1, -0.05) is 30.3 Å². The molecular formula is C22H20N6O. The molecule has 0 aliphatic carbocycles. The molecule has 7 heteroatoms. The topological polar surface area (TPSA) is 84.7 Å². The lowest BCUT2D eigenvalue weighted by Gasteiger charge is -2.10. The second-order valence-electron chi connectivity index (χ2n) is 6.54. The number of carbonyl (C=O) groups is 1. The van der Waals surface area contributed by atoms with E-state index in [-0.39, 0.29) is 5.91 Å². The smallest absolute Gasteiger partial charge is 0.228 e. The number of nitrogens with one attached hydrogen (secondary N) is 2. The molecule has 0 atom stereocenters. The molecular weight excluding hydrogens is 364 g/mol. The van der Waals surface area contributed by atoms with E-state index in [0.29, 0.717) is 18.1 Å². The first-order chi connectivity index (χ1) is 14.2. The van der Waals surface area contributed by atoms with Gasteiger partial charge in [0.1, 0.15) is 23.8 Å². The first kappa shape index (κ1) is 18.4. The Morgan fingerprint density at radius 3 is 2.48 bits per heavy atom. The summed E-state index contributed by atoms with van der Waals surface area (Å²) in [6.07, 6.45) is 5.57. The molecule has 0 aliphatic heterocycles. The Kier molecular flexibility index (Phi) is 5.29. The van der Waals surface area contributed by atoms with Crippen molar-refractivity contribution in [1.29, 1.82) is 0 Å². The number of anilines is 3. The molecule has 0 aliphatic rings. The predicted octanol–water partition coefficient (Wildman–Crippen LogP) is 3.90. The lowest BCUT2D eigenvalue weighted by Crippen LogP contribution is -2.14. The fourth-order valence-electron chi connectivity index (χ4n) is 2.91. The monoisotopic (exact) mass is 384 g/mol. The van der Waals surface area contributed by atoms with Crippen LogP contribution in [0.15, 0.2) is 79.4 Å². The third kappa shape index (κ3) is 4.84. The van der Waals surface area contributed by atoms with Crippen LogP contribution in [-0.4, -0.2) is 25.4 Å². The third-order valence-corrected chi connectivity index (χ3v) is 4.24. The van der Waals surface area contributed by atoms with E-state index in [1.54, 1.807) is 12.5 Å². The van der Waals surface area contributed by atoms with Crippen LogP contribution in [0.4, 0.5) is 17.2 Å². The highest BCUT2D eigenvalue weighted by molar-refractivity contribution is 5.92. The Bertz CT molecular complexity index is 1090. The predicted molar refractivity (Wildman–Crippen MR) is 112 cm³/mol. The second-order valence-corrected chi connectivity index (χ2v) is 6.54. The molecule has 4 aromatic rings. The van der Waals surface area contributed by atoms with Crippen LogP contribution in [0.2, 0.25) is 0 Å². The molecule has 2 aromatic heterocycles. The van der Waals surface area contributed by atoms with Crippen LogP contribution in [-0.2, 0) is 11.2 Å². The molecule has 29 heavy (non-hydrogen) atoms. The van der Waals surface area contributed by atoms with Crippen molar-refractivity contribution in [2.75, 3.05) is 10.6 Å². The summed E-state index contributed by atoms with van der Waals surface area (Å²) in [7, 11) is 0. The zero-order valence-corrected chi connectivity index (χ0v) is 15.9. The van der Waals surface area contributed by atoms with Gasteiger partial charge in [0.2, 0.25) is 5.91 Å². The summed E-state index contributed by atoms with van der Waals surface area (Å²) < 4.78 is 1.82. The van der Waals surface area contributed by atoms with Crippen LogP contribution in [0.25, 0.3) is 5.82 Å². The molecule has 7 nitrogen and oxygen atoms in total. The molecule has 0 saturated carbocycles. The van der Waals surface area contributed by atoms with E-state index < -0.39 is 0 Å². The zero-order valence-electron chi connectivity index (χ0n) is 15.9. The maximum atomic E-state index is 12.2. The molecule has 144 valence electrons. The van der Waals surface area contributed by atoms with Crippen LogP contribution in [0.1, 0.15) is 11.4 Å². The molecule has 0 radical (unpaired) electrons. The van der Waals surface area contributed by atoms with Gasteiger partial charge in [0.05, 0.1) is 6.42 Å². The fourth-order valence-corrected chi connectivity index (χ4v) is 2.91. The summed E-state index contributed by atoms with van der Waals surface area (Å²) in [5.41, 5.74) is 2.59. The molecule has 2 heterocycles. The zero-order chi connectivity index (χ0) is 20.1. The van der Waals surface area contributed by atoms with Gasteiger partial charge in [-0.15, -0.1) is 0 Å². The number of imidazole rings is 1. The van der Waals surface area contributed by atoms with Crippen molar-refractivity contribution >= 4 is 23.1 Å². The summed E-state index contributed by atoms with van der Waals surface area (Å²) in [6, 6.07) is 19.0. The molecule has 4 rings (SSSR count). The van der Waals surface area contributed by atoms with Crippen molar-refractivity contribution in [2.45, 2.75) is 13.3 Å². The van der Waals surface area contributed by atoms with Crippen molar-refractivity contribution in [3.63, 3.8) is 0 Å². The normalized spacial score (nSPS) is 10.5. The van der Waals surface area contributed by atoms with E-state index in [0.717, 1.165) is 22.8 Å². The highest BCUT2D eigenvalue weighted by Gasteiger charge is 2.06. The number of rotatable bonds is 6. The van der Waals surface area contributed by atoms with Crippen molar-refractivity contribution < 1.29 is 4.79 Å². The van der Waals surface area contributed by atoms with Gasteiger partial charge < -0.3 is 10.6 Å². The average Bonchev–Trinajstić information content (AvgIpc) is 3.25. The summed E-state index contributed by atoms with van der Waals surface area (Å²) >= 11 is 0. The number of hydrogen-bond donors (Lipinski definition) is 2. The number of hydrogen-bond acceptors (Lipinski definition) is 5. The minimum atomic E-state index is -0.0479. The van der Waals surface area contributed by atoms with E-state index in [1.165, 1.54) is 0 Å². The maximum absolute atomic E-state index is 12.2. The number of aryl methyl sites for hydroxylation is 1. The summed E-state index contributed by atoms with van der Waals surface area (Å²) in [5, 5.41) is 6.19. The van der Waals surface area contributed by atoms with E-state index in [4.69, 9.17) is 0 Å². The summed E-state index contributed by atoms with van der Waals surface area (Å²) in [4.78, 5) is 25.1. The maximum Gasteiger partial charge on any atom is 0.228 e. The van der Waals surface area contributed by atoms with Crippen LogP contribution >= 0.6 is 0 Å². The average molecular weight is 384 g/mol. The van der Waals surface area contributed by atoms with Crippen LogP contribution in [0, 0.1) is 6.92 Å². The minimum Gasteiger partial charge on any atom is -0.340 e. The van der Waals surface area contributed by atoms with Gasteiger partial charge >= 0.3 is 0 Å². The van der Waals surface area contributed by atoms with Gasteiger partial charge in [0, 0.05) is 29.8 Å². The highest BCUT2D eigenvalue weighted by Crippen LogP contribution is 2.19. The van der Waals surface area contributed by atoms with Crippen molar-refractivity contribution in [2.24, 2.45) is 0 Å². The molecule has 0 unspecified atom stereocenters. The van der Waals surface area contributed by atoms with E-state index in [2.05, 4.69) is 25.6 Å². The lowest BCUT2D eigenvalue weighted by atomic mass is 10.1. The molecule has 0 bridgehead atoms. The SMILES string of the molecule is Cc1nc(Nc2ccc(NC(=O)Cc3ccccc3)cc2)cc(-n2ccnc2)n1. The molecule has 0 saturated heterocycles. The Morgan fingerprint density at radius 1 is 1.00 bits per heavy atom. The Hall–Kier alpha value is -4.00. The van der Waals surface area contributed by atoms with Gasteiger partial charge in [0.25, 0.3) is 0 Å². The molecule has 2 N–H and O–H groups in total. The first-order valence-electron chi connectivity index (χ1n) is 9.20. The second kappa shape index (κ2) is 8.35. The van der Waals surface area contributed by atoms with E-state index in [1.807, 2.05) is 78.4 Å². The summed E-state index contributed by atoms with van der Waals surface area (Å²) in [6.45, 7) is 1.84.